The first kappa shape index (κ1) is 36.3. The van der Waals surface area contributed by atoms with Crippen molar-refractivity contribution in [3.63, 3.8) is 0 Å². The second-order valence-corrected chi connectivity index (χ2v) is 14.6. The minimum atomic E-state index is -1.20. The summed E-state index contributed by atoms with van der Waals surface area (Å²) in [6.07, 6.45) is -1.28. The second-order valence-electron chi connectivity index (χ2n) is 10.8. The molecule has 4 rings (SSSR count). The molecule has 4 atom stereocenters. The summed E-state index contributed by atoms with van der Waals surface area (Å²) in [5.41, 5.74) is 3.18. The first-order chi connectivity index (χ1) is 23.3. The molecule has 0 fully saturated rings. The van der Waals surface area contributed by atoms with E-state index in [1.54, 1.807) is 38.3 Å². The van der Waals surface area contributed by atoms with Gasteiger partial charge in [-0.05, 0) is 36.1 Å². The number of ether oxygens (including phenoxy) is 4. The molecule has 0 aliphatic rings. The Morgan fingerprint density at radius 2 is 1.21 bits per heavy atom. The van der Waals surface area contributed by atoms with Crippen molar-refractivity contribution in [2.24, 2.45) is 11.8 Å². The number of hydrogen-bond donors (Lipinski definition) is 0. The van der Waals surface area contributed by atoms with Gasteiger partial charge in [-0.1, -0.05) is 111 Å². The number of carbonyl (C=O) groups is 3. The van der Waals surface area contributed by atoms with Crippen LogP contribution in [0.1, 0.15) is 19.8 Å². The van der Waals surface area contributed by atoms with Gasteiger partial charge < -0.3 is 23.4 Å². The monoisotopic (exact) mass is 682 g/mol. The molecular weight excluding hydrogens is 645 g/mol. The normalized spacial score (nSPS) is 13.3. The highest BCUT2D eigenvalue weighted by Gasteiger charge is 2.34. The molecule has 0 aliphatic carbocycles. The van der Waals surface area contributed by atoms with E-state index in [4.69, 9.17) is 23.4 Å². The fourth-order valence-corrected chi connectivity index (χ4v) is 6.86. The molecule has 0 amide bonds. The summed E-state index contributed by atoms with van der Waals surface area (Å²) in [4.78, 5) is 40.4. The van der Waals surface area contributed by atoms with Crippen LogP contribution in [0.25, 0.3) is 22.3 Å². The van der Waals surface area contributed by atoms with Gasteiger partial charge >= 0.3 is 26.8 Å². The number of para-hydroxylation sites is 2. The Bertz CT molecular complexity index is 1720. The lowest BCUT2D eigenvalue weighted by molar-refractivity contribution is -0.150. The van der Waals surface area contributed by atoms with E-state index < -0.39 is 45.8 Å². The third-order valence-electron chi connectivity index (χ3n) is 7.45. The number of methoxy groups -OCH3 is 1. The zero-order chi connectivity index (χ0) is 34.3. The van der Waals surface area contributed by atoms with E-state index in [1.807, 2.05) is 84.9 Å². The first-order valence-corrected chi connectivity index (χ1v) is 18.3. The Morgan fingerprint density at radius 1 is 0.708 bits per heavy atom. The molecule has 0 saturated carbocycles. The van der Waals surface area contributed by atoms with Gasteiger partial charge in [0.05, 0.1) is 24.9 Å². The quantitative estimate of drug-likeness (QED) is 0.0534. The molecule has 4 aromatic carbocycles. The molecule has 48 heavy (non-hydrogen) atoms. The van der Waals surface area contributed by atoms with Gasteiger partial charge in [0.15, 0.2) is 6.10 Å². The van der Waals surface area contributed by atoms with Crippen molar-refractivity contribution in [2.75, 3.05) is 20.2 Å². The highest BCUT2D eigenvalue weighted by atomic mass is 32.4. The van der Waals surface area contributed by atoms with Crippen LogP contribution in [0.4, 0.5) is 0 Å². The standard InChI is InChI=1S/C38H38O8SSi/c1-5-47(48-43-4)26-44-35(38(41)46-34-23-15-13-21-32(34)29-18-10-7-11-19-29)25-30(24-27(2)36(39)42-3)37(40)45-33-22-14-12-20-31(33)28-16-8-6-9-17-28/h6-23,27,30,35H,1,24-26H2,2-4H3. The van der Waals surface area contributed by atoms with Gasteiger partial charge in [0, 0.05) is 18.2 Å². The average Bonchev–Trinajstić information content (AvgIpc) is 3.12. The third-order valence-corrected chi connectivity index (χ3v) is 10.4. The van der Waals surface area contributed by atoms with Crippen LogP contribution >= 0.6 is 9.93 Å². The molecule has 0 N–H and O–H groups in total. The molecule has 0 bridgehead atoms. The predicted octanol–water partition coefficient (Wildman–Crippen LogP) is 7.12. The van der Waals surface area contributed by atoms with Gasteiger partial charge in [0.1, 0.15) is 11.5 Å². The van der Waals surface area contributed by atoms with Crippen LogP contribution in [0.3, 0.4) is 0 Å². The zero-order valence-corrected chi connectivity index (χ0v) is 28.9. The van der Waals surface area contributed by atoms with Crippen molar-refractivity contribution in [1.82, 2.24) is 0 Å². The lowest BCUT2D eigenvalue weighted by Gasteiger charge is -2.24. The molecule has 2 radical (unpaired) electrons. The maximum absolute atomic E-state index is 14.0. The van der Waals surface area contributed by atoms with E-state index in [-0.39, 0.29) is 27.7 Å². The largest absolute Gasteiger partial charge is 0.469 e. The van der Waals surface area contributed by atoms with Crippen molar-refractivity contribution in [1.29, 1.82) is 0 Å². The summed E-state index contributed by atoms with van der Waals surface area (Å²) in [5.74, 6) is -2.64. The van der Waals surface area contributed by atoms with E-state index in [0.717, 1.165) is 22.3 Å². The molecular formula is C38H38O8SSi. The van der Waals surface area contributed by atoms with Crippen molar-refractivity contribution in [3.05, 3.63) is 116 Å². The molecule has 4 unspecified atom stereocenters. The summed E-state index contributed by atoms with van der Waals surface area (Å²) in [7, 11) is 2.26. The van der Waals surface area contributed by atoms with Crippen LogP contribution < -0.4 is 9.47 Å². The van der Waals surface area contributed by atoms with Gasteiger partial charge in [0.25, 0.3) is 0 Å². The number of hydrogen-bond acceptors (Lipinski definition) is 8. The van der Waals surface area contributed by atoms with Crippen LogP contribution in [-0.2, 0) is 28.3 Å². The minimum absolute atomic E-state index is 0.0258. The summed E-state index contributed by atoms with van der Waals surface area (Å²) in [6, 6.07) is 33.5. The number of carbonyl (C=O) groups excluding carboxylic acids is 3. The van der Waals surface area contributed by atoms with E-state index in [0.29, 0.717) is 11.5 Å². The smallest absolute Gasteiger partial charge is 0.340 e. The molecule has 0 spiro atoms. The van der Waals surface area contributed by atoms with Crippen molar-refractivity contribution < 1.29 is 37.8 Å². The average molecular weight is 683 g/mol. The Hall–Kier alpha value is -4.57. The molecule has 8 nitrogen and oxygen atoms in total. The van der Waals surface area contributed by atoms with Gasteiger partial charge in [-0.25, -0.2) is 4.79 Å². The maximum atomic E-state index is 14.0. The molecule has 10 heteroatoms. The zero-order valence-electron chi connectivity index (χ0n) is 27.1. The lowest BCUT2D eigenvalue weighted by Crippen LogP contribution is -2.36. The number of esters is 3. The molecule has 0 aliphatic heterocycles. The highest BCUT2D eigenvalue weighted by Crippen LogP contribution is 2.33. The summed E-state index contributed by atoms with van der Waals surface area (Å²) >= 11 is 0. The highest BCUT2D eigenvalue weighted by molar-refractivity contribution is 8.34. The van der Waals surface area contributed by atoms with Crippen LogP contribution in [0.5, 0.6) is 11.5 Å². The topological polar surface area (TPSA) is 97.4 Å². The number of benzene rings is 4. The first-order valence-electron chi connectivity index (χ1n) is 15.3. The van der Waals surface area contributed by atoms with Crippen molar-refractivity contribution in [2.45, 2.75) is 25.9 Å². The summed E-state index contributed by atoms with van der Waals surface area (Å²) < 4.78 is 28.4. The second kappa shape index (κ2) is 18.7. The van der Waals surface area contributed by atoms with E-state index in [1.165, 1.54) is 7.11 Å². The fraction of sp³-hybridized carbons (Fsp3) is 0.237. The minimum Gasteiger partial charge on any atom is -0.469 e. The van der Waals surface area contributed by atoms with Crippen molar-refractivity contribution in [3.8, 4) is 33.8 Å². The van der Waals surface area contributed by atoms with Gasteiger partial charge in [-0.3, -0.25) is 9.59 Å². The molecule has 0 aromatic heterocycles. The van der Waals surface area contributed by atoms with Gasteiger partial charge in [-0.2, -0.15) is 0 Å². The maximum Gasteiger partial charge on any atom is 0.340 e. The predicted molar refractivity (Wildman–Crippen MR) is 190 cm³/mol. The molecule has 0 heterocycles. The van der Waals surface area contributed by atoms with Crippen molar-refractivity contribution >= 4 is 41.8 Å². The Balaban J connectivity index is 1.66. The van der Waals surface area contributed by atoms with Gasteiger partial charge in [0.2, 0.25) is 0 Å². The van der Waals surface area contributed by atoms with E-state index in [2.05, 4.69) is 11.6 Å². The Morgan fingerprint density at radius 3 is 1.71 bits per heavy atom. The third kappa shape index (κ3) is 10.2. The Kier molecular flexibility index (Phi) is 14.1. The van der Waals surface area contributed by atoms with Crippen LogP contribution in [0.15, 0.2) is 116 Å². The van der Waals surface area contributed by atoms with Gasteiger partial charge in [-0.15, -0.1) is 15.0 Å². The molecule has 4 aromatic rings. The van der Waals surface area contributed by atoms with E-state index >= 15 is 0 Å². The van der Waals surface area contributed by atoms with Crippen LogP contribution in [0.2, 0.25) is 0 Å². The van der Waals surface area contributed by atoms with Crippen LogP contribution in [0, 0.1) is 11.8 Å². The summed E-state index contributed by atoms with van der Waals surface area (Å²) in [5, 5.41) is 2.90. The van der Waals surface area contributed by atoms with E-state index in [9.17, 15) is 14.4 Å². The SMILES string of the molecule is C=C=S(COC(CC(CC(C)C(=O)OC)C(=O)Oc1ccccc1-c1ccccc1)C(=O)Oc1ccccc1-c1ccccc1)[Si]OC. The molecule has 0 saturated heterocycles. The summed E-state index contributed by atoms with van der Waals surface area (Å²) in [6.45, 7) is 5.41. The molecule has 248 valence electrons. The number of rotatable bonds is 16. The fourth-order valence-electron chi connectivity index (χ4n) is 5.04. The Labute approximate surface area is 286 Å². The van der Waals surface area contributed by atoms with Crippen LogP contribution in [-0.4, -0.2) is 58.1 Å². The lowest BCUT2D eigenvalue weighted by atomic mass is 9.90.